The Kier molecular flexibility index (Phi) is 4.32. The van der Waals surface area contributed by atoms with E-state index in [-0.39, 0.29) is 17.8 Å². The van der Waals surface area contributed by atoms with Crippen molar-refractivity contribution in [3.8, 4) is 0 Å². The highest BCUT2D eigenvalue weighted by atomic mass is 79.9. The minimum atomic E-state index is -0.770. The molecule has 1 amide bonds. The van der Waals surface area contributed by atoms with Gasteiger partial charge in [0.2, 0.25) is 0 Å². The number of aryl methyl sites for hydroxylation is 1. The summed E-state index contributed by atoms with van der Waals surface area (Å²) in [4.78, 5) is 26.4. The Bertz CT molecular complexity index is 852. The first-order valence-corrected chi connectivity index (χ1v) is 8.35. The molecule has 0 bridgehead atoms. The van der Waals surface area contributed by atoms with Crippen LogP contribution < -0.4 is 4.90 Å². The fourth-order valence-electron chi connectivity index (χ4n) is 2.84. The third-order valence-electron chi connectivity index (χ3n) is 3.95. The maximum Gasteiger partial charge on any atom is 0.294 e. The van der Waals surface area contributed by atoms with E-state index in [9.17, 15) is 14.7 Å². The lowest BCUT2D eigenvalue weighted by Crippen LogP contribution is -2.30. The summed E-state index contributed by atoms with van der Waals surface area (Å²) in [6.07, 6.45) is 0.190. The van der Waals surface area contributed by atoms with E-state index in [0.717, 1.165) is 4.47 Å². The highest BCUT2D eigenvalue weighted by molar-refractivity contribution is 9.10. The van der Waals surface area contributed by atoms with Gasteiger partial charge in [-0.3, -0.25) is 14.5 Å². The number of rotatable bonds is 4. The molecule has 0 spiro atoms. The van der Waals surface area contributed by atoms with Crippen LogP contribution in [-0.2, 0) is 9.59 Å². The number of halogens is 1. The van der Waals surface area contributed by atoms with Gasteiger partial charge in [-0.2, -0.15) is 0 Å². The highest BCUT2D eigenvalue weighted by Crippen LogP contribution is 2.42. The lowest BCUT2D eigenvalue weighted by molar-refractivity contribution is -0.118. The van der Waals surface area contributed by atoms with Gasteiger partial charge in [0.1, 0.15) is 17.6 Å². The third kappa shape index (κ3) is 2.67. The Hall–Kier alpha value is -2.34. The molecule has 0 saturated carbocycles. The average Bonchev–Trinajstić information content (AvgIpc) is 3.09. The lowest BCUT2D eigenvalue weighted by Gasteiger charge is -2.25. The predicted octanol–water partition coefficient (Wildman–Crippen LogP) is 4.23. The molecule has 0 aliphatic carbocycles. The average molecular weight is 390 g/mol. The first kappa shape index (κ1) is 16.5. The molecule has 1 N–H and O–H groups in total. The van der Waals surface area contributed by atoms with Gasteiger partial charge in [0.15, 0.2) is 11.5 Å². The number of aliphatic hydroxyl groups excluding tert-OH is 1. The predicted molar refractivity (Wildman–Crippen MR) is 92.8 cm³/mol. The number of Topliss-reactive ketones (excluding diaryl/α,β-unsaturated/α-hetero) is 1. The molecular formula is C18H16BrNO4. The number of anilines is 1. The maximum absolute atomic E-state index is 12.6. The number of hydrogen-bond acceptors (Lipinski definition) is 4. The van der Waals surface area contributed by atoms with Gasteiger partial charge >= 0.3 is 0 Å². The van der Waals surface area contributed by atoms with Crippen LogP contribution in [0.15, 0.2) is 56.6 Å². The fraction of sp³-hybridized carbons (Fsp3) is 0.222. The van der Waals surface area contributed by atoms with Crippen molar-refractivity contribution < 1.29 is 19.1 Å². The normalized spacial score (nSPS) is 17.7. The zero-order chi connectivity index (χ0) is 17.4. The molecule has 1 aliphatic heterocycles. The summed E-state index contributed by atoms with van der Waals surface area (Å²) in [5, 5.41) is 10.3. The van der Waals surface area contributed by atoms with E-state index in [0.29, 0.717) is 17.2 Å². The summed E-state index contributed by atoms with van der Waals surface area (Å²) in [5.41, 5.74) is 0.649. The molecule has 1 atom stereocenters. The van der Waals surface area contributed by atoms with E-state index < -0.39 is 17.7 Å². The van der Waals surface area contributed by atoms with Gasteiger partial charge in [0.25, 0.3) is 5.91 Å². The molecule has 2 aromatic rings. The number of hydrogen-bond donors (Lipinski definition) is 1. The van der Waals surface area contributed by atoms with Gasteiger partial charge in [-0.25, -0.2) is 0 Å². The number of benzene rings is 1. The van der Waals surface area contributed by atoms with Gasteiger partial charge in [0, 0.05) is 16.6 Å². The van der Waals surface area contributed by atoms with Crippen molar-refractivity contribution in [2.45, 2.75) is 26.3 Å². The molecular weight excluding hydrogens is 374 g/mol. The lowest BCUT2D eigenvalue weighted by atomic mass is 9.99. The molecule has 2 heterocycles. The molecule has 1 aliphatic rings. The minimum Gasteiger partial charge on any atom is -0.503 e. The van der Waals surface area contributed by atoms with Crippen LogP contribution in [-0.4, -0.2) is 16.8 Å². The first-order valence-electron chi connectivity index (χ1n) is 7.55. The van der Waals surface area contributed by atoms with Gasteiger partial charge in [-0.15, -0.1) is 0 Å². The topological polar surface area (TPSA) is 70.8 Å². The number of amides is 1. The summed E-state index contributed by atoms with van der Waals surface area (Å²) in [7, 11) is 0. The Morgan fingerprint density at radius 3 is 2.67 bits per heavy atom. The zero-order valence-electron chi connectivity index (χ0n) is 13.2. The van der Waals surface area contributed by atoms with E-state index in [2.05, 4.69) is 15.9 Å². The van der Waals surface area contributed by atoms with E-state index in [1.165, 1.54) is 4.90 Å². The van der Waals surface area contributed by atoms with Crippen LogP contribution in [0, 0.1) is 6.92 Å². The molecule has 0 fully saturated rings. The van der Waals surface area contributed by atoms with Gasteiger partial charge in [-0.1, -0.05) is 28.9 Å². The summed E-state index contributed by atoms with van der Waals surface area (Å²) in [6.45, 7) is 3.48. The van der Waals surface area contributed by atoms with E-state index in [1.807, 2.05) is 6.07 Å². The fourth-order valence-corrected chi connectivity index (χ4v) is 3.23. The third-order valence-corrected chi connectivity index (χ3v) is 4.44. The van der Waals surface area contributed by atoms with Gasteiger partial charge < -0.3 is 9.52 Å². The van der Waals surface area contributed by atoms with E-state index in [4.69, 9.17) is 4.42 Å². The molecule has 3 rings (SSSR count). The van der Waals surface area contributed by atoms with Crippen LogP contribution in [0.5, 0.6) is 0 Å². The SMILES string of the molecule is CCC(=O)C1=C(O)C(=O)N(c2cccc(Br)c2)C1c1ccc(C)o1. The number of carbonyl (C=O) groups is 2. The van der Waals surface area contributed by atoms with Crippen molar-refractivity contribution in [3.63, 3.8) is 0 Å². The molecule has 0 radical (unpaired) electrons. The summed E-state index contributed by atoms with van der Waals surface area (Å²) in [6, 6.07) is 9.84. The zero-order valence-corrected chi connectivity index (χ0v) is 14.8. The van der Waals surface area contributed by atoms with Crippen molar-refractivity contribution >= 4 is 33.3 Å². The second-order valence-electron chi connectivity index (χ2n) is 5.54. The van der Waals surface area contributed by atoms with Crippen LogP contribution in [0.25, 0.3) is 0 Å². The van der Waals surface area contributed by atoms with Crippen molar-refractivity contribution in [3.05, 3.63) is 63.7 Å². The Balaban J connectivity index is 2.18. The number of aliphatic hydroxyl groups is 1. The number of nitrogens with zero attached hydrogens (tertiary/aromatic N) is 1. The van der Waals surface area contributed by atoms with Crippen LogP contribution in [0.1, 0.15) is 30.9 Å². The van der Waals surface area contributed by atoms with Crippen LogP contribution in [0.4, 0.5) is 5.69 Å². The molecule has 24 heavy (non-hydrogen) atoms. The quantitative estimate of drug-likeness (QED) is 0.848. The van der Waals surface area contributed by atoms with Crippen molar-refractivity contribution in [1.82, 2.24) is 0 Å². The Labute approximate surface area is 147 Å². The molecule has 6 heteroatoms. The van der Waals surface area contributed by atoms with Crippen LogP contribution >= 0.6 is 15.9 Å². The largest absolute Gasteiger partial charge is 0.503 e. The van der Waals surface area contributed by atoms with Crippen molar-refractivity contribution in [1.29, 1.82) is 0 Å². The Morgan fingerprint density at radius 1 is 1.33 bits per heavy atom. The van der Waals surface area contributed by atoms with Crippen LogP contribution in [0.2, 0.25) is 0 Å². The molecule has 124 valence electrons. The van der Waals surface area contributed by atoms with Crippen LogP contribution in [0.3, 0.4) is 0 Å². The highest BCUT2D eigenvalue weighted by Gasteiger charge is 2.45. The van der Waals surface area contributed by atoms with Gasteiger partial charge in [-0.05, 0) is 37.3 Å². The summed E-state index contributed by atoms with van der Waals surface area (Å²) in [5.74, 6) is -0.287. The Morgan fingerprint density at radius 2 is 2.08 bits per heavy atom. The minimum absolute atomic E-state index is 0.0804. The molecule has 0 saturated heterocycles. The van der Waals surface area contributed by atoms with Gasteiger partial charge in [0.05, 0.1) is 5.57 Å². The van der Waals surface area contributed by atoms with Crippen molar-refractivity contribution in [2.75, 3.05) is 4.90 Å². The summed E-state index contributed by atoms with van der Waals surface area (Å²) < 4.78 is 6.46. The molecule has 5 nitrogen and oxygen atoms in total. The van der Waals surface area contributed by atoms with E-state index >= 15 is 0 Å². The number of carbonyl (C=O) groups excluding carboxylic acids is 2. The van der Waals surface area contributed by atoms with E-state index in [1.54, 1.807) is 44.2 Å². The number of ketones is 1. The van der Waals surface area contributed by atoms with Crippen molar-refractivity contribution in [2.24, 2.45) is 0 Å². The monoisotopic (exact) mass is 389 g/mol. The second kappa shape index (κ2) is 6.28. The molecule has 1 aromatic carbocycles. The maximum atomic E-state index is 12.6. The molecule has 1 aromatic heterocycles. The smallest absolute Gasteiger partial charge is 0.294 e. The number of furan rings is 1. The summed E-state index contributed by atoms with van der Waals surface area (Å²) >= 11 is 3.38. The standard InChI is InChI=1S/C18H16BrNO4/c1-3-13(21)15-16(14-8-7-10(2)24-14)20(18(23)17(15)22)12-6-4-5-11(19)9-12/h4-9,16,22H,3H2,1-2H3. The second-order valence-corrected chi connectivity index (χ2v) is 6.46. The first-order chi connectivity index (χ1) is 11.4. The molecule has 1 unspecified atom stereocenters.